The van der Waals surface area contributed by atoms with Crippen LogP contribution in [0.5, 0.6) is 0 Å². The van der Waals surface area contributed by atoms with Crippen LogP contribution in [0.3, 0.4) is 0 Å². The molecule has 0 bridgehead atoms. The van der Waals surface area contributed by atoms with Crippen molar-refractivity contribution in [1.82, 2.24) is 15.2 Å². The molecule has 7 nitrogen and oxygen atoms in total. The highest BCUT2D eigenvalue weighted by atomic mass is 16.5. The number of nitrogens with zero attached hydrogens (tertiary/aromatic N) is 1. The van der Waals surface area contributed by atoms with Crippen LogP contribution in [0.4, 0.5) is 0 Å². The first-order valence-corrected chi connectivity index (χ1v) is 10.3. The van der Waals surface area contributed by atoms with Gasteiger partial charge < -0.3 is 19.8 Å². The number of aromatic nitrogens is 1. The number of methoxy groups -OCH3 is 1. The fourth-order valence-electron chi connectivity index (χ4n) is 4.19. The summed E-state index contributed by atoms with van der Waals surface area (Å²) in [6, 6.07) is 8.14. The first-order chi connectivity index (χ1) is 14.3. The van der Waals surface area contributed by atoms with E-state index in [0.29, 0.717) is 29.1 Å². The highest BCUT2D eigenvalue weighted by Crippen LogP contribution is 2.20. The first kappa shape index (κ1) is 22.1. The van der Waals surface area contributed by atoms with E-state index in [4.69, 9.17) is 9.47 Å². The van der Waals surface area contributed by atoms with Crippen molar-refractivity contribution in [3.63, 3.8) is 0 Å². The number of hydrogen-bond donors (Lipinski definition) is 2. The van der Waals surface area contributed by atoms with Crippen LogP contribution in [0.25, 0.3) is 0 Å². The van der Waals surface area contributed by atoms with Gasteiger partial charge in [-0.05, 0) is 44.4 Å². The Morgan fingerprint density at radius 2 is 1.80 bits per heavy atom. The molecule has 0 saturated carbocycles. The van der Waals surface area contributed by atoms with Gasteiger partial charge in [0.05, 0.1) is 24.9 Å². The number of H-pyrrole nitrogens is 1. The molecule has 0 aliphatic carbocycles. The van der Waals surface area contributed by atoms with Crippen molar-refractivity contribution in [3.05, 3.63) is 57.9 Å². The largest absolute Gasteiger partial charge is 0.465 e. The number of carbonyl (C=O) groups excluding carboxylic acids is 2. The molecule has 1 aromatic carbocycles. The van der Waals surface area contributed by atoms with E-state index in [1.807, 2.05) is 18.2 Å². The van der Waals surface area contributed by atoms with Crippen molar-refractivity contribution in [2.45, 2.75) is 53.0 Å². The molecule has 2 atom stereocenters. The normalized spacial score (nSPS) is 19.5. The maximum absolute atomic E-state index is 12.8. The fourth-order valence-corrected chi connectivity index (χ4v) is 4.19. The number of morpholine rings is 1. The van der Waals surface area contributed by atoms with Crippen molar-refractivity contribution in [2.24, 2.45) is 0 Å². The summed E-state index contributed by atoms with van der Waals surface area (Å²) in [6.45, 7) is 10.7. The molecule has 2 heterocycles. The van der Waals surface area contributed by atoms with Gasteiger partial charge in [-0.1, -0.05) is 24.3 Å². The molecule has 3 rings (SSSR count). The summed E-state index contributed by atoms with van der Waals surface area (Å²) in [5, 5.41) is 2.98. The topological polar surface area (TPSA) is 83.7 Å². The predicted molar refractivity (Wildman–Crippen MR) is 115 cm³/mol. The molecule has 2 unspecified atom stereocenters. The van der Waals surface area contributed by atoms with Gasteiger partial charge in [-0.25, -0.2) is 4.79 Å². The number of amides is 1. The summed E-state index contributed by atoms with van der Waals surface area (Å²) in [5.41, 5.74) is 4.29. The monoisotopic (exact) mass is 413 g/mol. The summed E-state index contributed by atoms with van der Waals surface area (Å²) < 4.78 is 10.6. The Balaban J connectivity index is 1.70. The standard InChI is InChI=1S/C23H31N3O4/c1-14-11-26(12-15(2)30-14)13-19-9-7-6-8-18(19)10-24-22(27)21-16(3)20(17(4)25-21)23(28)29-5/h6-9,14-15,25H,10-13H2,1-5H3,(H,24,27). The lowest BCUT2D eigenvalue weighted by molar-refractivity contribution is -0.0705. The van der Waals surface area contributed by atoms with Gasteiger partial charge in [0.25, 0.3) is 5.91 Å². The highest BCUT2D eigenvalue weighted by Gasteiger charge is 2.24. The Kier molecular flexibility index (Phi) is 6.95. The van der Waals surface area contributed by atoms with Crippen LogP contribution in [0.15, 0.2) is 24.3 Å². The Morgan fingerprint density at radius 3 is 2.43 bits per heavy atom. The molecular weight excluding hydrogens is 382 g/mol. The minimum atomic E-state index is -0.445. The third-order valence-electron chi connectivity index (χ3n) is 5.50. The summed E-state index contributed by atoms with van der Waals surface area (Å²) >= 11 is 0. The molecule has 1 aliphatic rings. The van der Waals surface area contributed by atoms with E-state index in [2.05, 4.69) is 35.1 Å². The van der Waals surface area contributed by atoms with Crippen LogP contribution < -0.4 is 5.32 Å². The average Bonchev–Trinajstić information content (AvgIpc) is 3.00. The third-order valence-corrected chi connectivity index (χ3v) is 5.50. The van der Waals surface area contributed by atoms with Crippen molar-refractivity contribution < 1.29 is 19.1 Å². The number of esters is 1. The second-order valence-corrected chi connectivity index (χ2v) is 8.02. The smallest absolute Gasteiger partial charge is 0.339 e. The molecule has 0 radical (unpaired) electrons. The summed E-state index contributed by atoms with van der Waals surface area (Å²) in [7, 11) is 1.33. The molecule has 1 fully saturated rings. The highest BCUT2D eigenvalue weighted by molar-refractivity contribution is 6.00. The molecule has 1 amide bonds. The van der Waals surface area contributed by atoms with Gasteiger partial charge in [-0.2, -0.15) is 0 Å². The summed E-state index contributed by atoms with van der Waals surface area (Å²) in [4.78, 5) is 30.2. The van der Waals surface area contributed by atoms with Crippen molar-refractivity contribution in [3.8, 4) is 0 Å². The number of aromatic amines is 1. The van der Waals surface area contributed by atoms with E-state index in [9.17, 15) is 9.59 Å². The molecule has 1 saturated heterocycles. The minimum Gasteiger partial charge on any atom is -0.465 e. The molecular formula is C23H31N3O4. The predicted octanol–water partition coefficient (Wildman–Crippen LogP) is 2.96. The molecule has 30 heavy (non-hydrogen) atoms. The maximum Gasteiger partial charge on any atom is 0.339 e. The van der Waals surface area contributed by atoms with Gasteiger partial charge in [-0.3, -0.25) is 9.69 Å². The van der Waals surface area contributed by atoms with E-state index < -0.39 is 5.97 Å². The number of hydrogen-bond acceptors (Lipinski definition) is 5. The Morgan fingerprint density at radius 1 is 1.17 bits per heavy atom. The van der Waals surface area contributed by atoms with E-state index >= 15 is 0 Å². The average molecular weight is 414 g/mol. The van der Waals surface area contributed by atoms with Crippen LogP contribution in [0.1, 0.15) is 57.1 Å². The molecule has 1 aromatic heterocycles. The van der Waals surface area contributed by atoms with E-state index in [-0.39, 0.29) is 18.1 Å². The van der Waals surface area contributed by atoms with Gasteiger partial charge in [0, 0.05) is 31.9 Å². The number of benzene rings is 1. The van der Waals surface area contributed by atoms with E-state index in [1.54, 1.807) is 13.8 Å². The zero-order chi connectivity index (χ0) is 21.8. The number of nitrogens with one attached hydrogen (secondary N) is 2. The fraction of sp³-hybridized carbons (Fsp3) is 0.478. The Labute approximate surface area is 177 Å². The third kappa shape index (κ3) is 4.91. The van der Waals surface area contributed by atoms with Crippen molar-refractivity contribution >= 4 is 11.9 Å². The van der Waals surface area contributed by atoms with Crippen molar-refractivity contribution in [1.29, 1.82) is 0 Å². The molecule has 7 heteroatoms. The van der Waals surface area contributed by atoms with Gasteiger partial charge in [0.2, 0.25) is 0 Å². The van der Waals surface area contributed by atoms with Crippen LogP contribution >= 0.6 is 0 Å². The Hall–Kier alpha value is -2.64. The Bertz CT molecular complexity index is 911. The van der Waals surface area contributed by atoms with Gasteiger partial charge >= 0.3 is 5.97 Å². The quantitative estimate of drug-likeness (QED) is 0.712. The number of carbonyl (C=O) groups is 2. The lowest BCUT2D eigenvalue weighted by Gasteiger charge is -2.35. The second kappa shape index (κ2) is 9.45. The summed E-state index contributed by atoms with van der Waals surface area (Å²) in [5.74, 6) is -0.686. The number of rotatable bonds is 6. The van der Waals surface area contributed by atoms with Crippen LogP contribution in [0, 0.1) is 13.8 Å². The van der Waals surface area contributed by atoms with Gasteiger partial charge in [-0.15, -0.1) is 0 Å². The molecule has 2 N–H and O–H groups in total. The molecule has 0 spiro atoms. The number of aryl methyl sites for hydroxylation is 1. The first-order valence-electron chi connectivity index (χ1n) is 10.3. The lowest BCUT2D eigenvalue weighted by Crippen LogP contribution is -2.45. The minimum absolute atomic E-state index is 0.212. The maximum atomic E-state index is 12.8. The SMILES string of the molecule is COC(=O)c1c(C)[nH]c(C(=O)NCc2ccccc2CN2CC(C)OC(C)C2)c1C. The number of ether oxygens (including phenoxy) is 2. The molecule has 2 aromatic rings. The van der Waals surface area contributed by atoms with Crippen molar-refractivity contribution in [2.75, 3.05) is 20.2 Å². The lowest BCUT2D eigenvalue weighted by atomic mass is 10.1. The van der Waals surface area contributed by atoms with Gasteiger partial charge in [0.1, 0.15) is 5.69 Å². The zero-order valence-electron chi connectivity index (χ0n) is 18.4. The van der Waals surface area contributed by atoms with Crippen LogP contribution in [0.2, 0.25) is 0 Å². The summed E-state index contributed by atoms with van der Waals surface area (Å²) in [6.07, 6.45) is 0.424. The van der Waals surface area contributed by atoms with Crippen LogP contribution in [-0.4, -0.2) is 54.2 Å². The van der Waals surface area contributed by atoms with E-state index in [1.165, 1.54) is 12.7 Å². The zero-order valence-corrected chi connectivity index (χ0v) is 18.4. The molecule has 1 aliphatic heterocycles. The van der Waals surface area contributed by atoms with Crippen LogP contribution in [-0.2, 0) is 22.6 Å². The van der Waals surface area contributed by atoms with E-state index in [0.717, 1.165) is 25.2 Å². The van der Waals surface area contributed by atoms with Gasteiger partial charge in [0.15, 0.2) is 0 Å². The second-order valence-electron chi connectivity index (χ2n) is 8.02. The molecule has 162 valence electrons.